The first-order chi connectivity index (χ1) is 6.63. The molecule has 0 aliphatic heterocycles. The van der Waals surface area contributed by atoms with E-state index in [9.17, 15) is 5.11 Å². The summed E-state index contributed by atoms with van der Waals surface area (Å²) in [4.78, 5) is 4.35. The molecule has 0 amide bonds. The Balaban J connectivity index is 2.55. The molecule has 3 nitrogen and oxygen atoms in total. The van der Waals surface area contributed by atoms with Gasteiger partial charge in [-0.05, 0) is 48.1 Å². The fourth-order valence-electron chi connectivity index (χ4n) is 1.01. The highest BCUT2D eigenvalue weighted by Crippen LogP contribution is 2.12. The summed E-state index contributed by atoms with van der Waals surface area (Å²) in [5.41, 5.74) is 1.02. The van der Waals surface area contributed by atoms with Crippen LogP contribution in [0.25, 0.3) is 0 Å². The zero-order valence-electron chi connectivity index (χ0n) is 8.42. The van der Waals surface area contributed by atoms with Crippen LogP contribution in [0.2, 0.25) is 0 Å². The Hall–Kier alpha value is -0.360. The third-order valence-electron chi connectivity index (χ3n) is 2.01. The van der Waals surface area contributed by atoms with Gasteiger partial charge in [0, 0.05) is 10.1 Å². The Morgan fingerprint density at radius 2 is 2.29 bits per heavy atom. The van der Waals surface area contributed by atoms with Gasteiger partial charge in [-0.25, -0.2) is 4.98 Å². The number of pyridine rings is 1. The highest BCUT2D eigenvalue weighted by Gasteiger charge is 2.02. The lowest BCUT2D eigenvalue weighted by atomic mass is 10.3. The molecule has 4 heteroatoms. The number of halogens is 1. The molecule has 1 atom stereocenters. The van der Waals surface area contributed by atoms with E-state index in [1.165, 1.54) is 0 Å². The van der Waals surface area contributed by atoms with Crippen molar-refractivity contribution in [2.45, 2.75) is 26.4 Å². The quantitative estimate of drug-likeness (QED) is 0.838. The monoisotopic (exact) mass is 306 g/mol. The van der Waals surface area contributed by atoms with Crippen molar-refractivity contribution in [3.63, 3.8) is 0 Å². The van der Waals surface area contributed by atoms with Crippen molar-refractivity contribution in [1.82, 2.24) is 4.98 Å². The number of hydrogen-bond acceptors (Lipinski definition) is 3. The number of aliphatic hydroxyl groups is 1. The fraction of sp³-hybridized carbons (Fsp3) is 0.500. The Morgan fingerprint density at radius 1 is 1.57 bits per heavy atom. The van der Waals surface area contributed by atoms with Gasteiger partial charge in [-0.3, -0.25) is 0 Å². The van der Waals surface area contributed by atoms with E-state index in [2.05, 4.69) is 32.9 Å². The molecule has 1 aromatic rings. The van der Waals surface area contributed by atoms with Crippen LogP contribution in [0.4, 0.5) is 5.82 Å². The van der Waals surface area contributed by atoms with Gasteiger partial charge in [-0.15, -0.1) is 0 Å². The van der Waals surface area contributed by atoms with Gasteiger partial charge in [-0.2, -0.15) is 0 Å². The van der Waals surface area contributed by atoms with Crippen LogP contribution in [0.15, 0.2) is 12.1 Å². The Labute approximate surface area is 98.1 Å². The maximum Gasteiger partial charge on any atom is 0.126 e. The van der Waals surface area contributed by atoms with Crippen molar-refractivity contribution in [1.29, 1.82) is 0 Å². The molecular formula is C10H15IN2O. The van der Waals surface area contributed by atoms with Crippen LogP contribution >= 0.6 is 22.6 Å². The third kappa shape index (κ3) is 3.42. The molecular weight excluding hydrogens is 291 g/mol. The van der Waals surface area contributed by atoms with Crippen molar-refractivity contribution in [3.8, 4) is 0 Å². The smallest absolute Gasteiger partial charge is 0.126 e. The van der Waals surface area contributed by atoms with Gasteiger partial charge < -0.3 is 10.4 Å². The van der Waals surface area contributed by atoms with Crippen molar-refractivity contribution in [2.24, 2.45) is 0 Å². The van der Waals surface area contributed by atoms with Crippen LogP contribution in [0.1, 0.15) is 19.0 Å². The summed E-state index contributed by atoms with van der Waals surface area (Å²) >= 11 is 2.25. The van der Waals surface area contributed by atoms with Gasteiger partial charge in [0.15, 0.2) is 0 Å². The summed E-state index contributed by atoms with van der Waals surface area (Å²) in [7, 11) is 0. The minimum Gasteiger partial charge on any atom is -0.391 e. The largest absolute Gasteiger partial charge is 0.391 e. The zero-order valence-corrected chi connectivity index (χ0v) is 10.6. The third-order valence-corrected chi connectivity index (χ3v) is 3.15. The van der Waals surface area contributed by atoms with Crippen LogP contribution in [0.5, 0.6) is 0 Å². The molecule has 0 saturated carbocycles. The van der Waals surface area contributed by atoms with Crippen LogP contribution in [0.3, 0.4) is 0 Å². The summed E-state index contributed by atoms with van der Waals surface area (Å²) in [5, 5.41) is 12.5. The van der Waals surface area contributed by atoms with E-state index in [4.69, 9.17) is 0 Å². The first-order valence-electron chi connectivity index (χ1n) is 4.68. The normalized spacial score (nSPS) is 12.6. The van der Waals surface area contributed by atoms with Crippen molar-refractivity contribution in [2.75, 3.05) is 11.9 Å². The number of nitrogens with zero attached hydrogens (tertiary/aromatic N) is 1. The first kappa shape index (κ1) is 11.7. The molecule has 0 aromatic carbocycles. The van der Waals surface area contributed by atoms with E-state index in [-0.39, 0.29) is 6.10 Å². The average molecular weight is 306 g/mol. The molecule has 1 rings (SSSR count). The van der Waals surface area contributed by atoms with Gasteiger partial charge in [0.2, 0.25) is 0 Å². The minimum absolute atomic E-state index is 0.295. The second-order valence-corrected chi connectivity index (χ2v) is 4.37. The summed E-state index contributed by atoms with van der Waals surface area (Å²) in [6.45, 7) is 4.49. The van der Waals surface area contributed by atoms with Crippen molar-refractivity contribution in [3.05, 3.63) is 21.4 Å². The predicted molar refractivity (Wildman–Crippen MR) is 66.5 cm³/mol. The summed E-state index contributed by atoms with van der Waals surface area (Å²) in [5.74, 6) is 0.829. The molecule has 0 aliphatic carbocycles. The summed E-state index contributed by atoms with van der Waals surface area (Å²) < 4.78 is 1.16. The maximum absolute atomic E-state index is 9.35. The number of aromatic nitrogens is 1. The Kier molecular flexibility index (Phi) is 4.60. The summed E-state index contributed by atoms with van der Waals surface area (Å²) in [6, 6.07) is 3.95. The summed E-state index contributed by atoms with van der Waals surface area (Å²) in [6.07, 6.45) is 0.465. The highest BCUT2D eigenvalue weighted by molar-refractivity contribution is 14.1. The van der Waals surface area contributed by atoms with E-state index >= 15 is 0 Å². The van der Waals surface area contributed by atoms with Crippen LogP contribution in [-0.2, 0) is 0 Å². The number of aryl methyl sites for hydroxylation is 1. The second-order valence-electron chi connectivity index (χ2n) is 3.21. The Morgan fingerprint density at radius 3 is 2.86 bits per heavy atom. The second kappa shape index (κ2) is 5.50. The minimum atomic E-state index is -0.295. The van der Waals surface area contributed by atoms with Gasteiger partial charge in [0.1, 0.15) is 5.82 Å². The molecule has 2 N–H and O–H groups in total. The number of nitrogens with one attached hydrogen (secondary N) is 1. The van der Waals surface area contributed by atoms with Crippen LogP contribution < -0.4 is 5.32 Å². The molecule has 78 valence electrons. The highest BCUT2D eigenvalue weighted by atomic mass is 127. The molecule has 0 saturated heterocycles. The molecule has 0 fully saturated rings. The number of aliphatic hydroxyl groups excluding tert-OH is 1. The molecule has 0 unspecified atom stereocenters. The number of hydrogen-bond donors (Lipinski definition) is 2. The van der Waals surface area contributed by atoms with Crippen molar-refractivity contribution >= 4 is 28.4 Å². The molecule has 1 heterocycles. The average Bonchev–Trinajstić information content (AvgIpc) is 2.19. The van der Waals surface area contributed by atoms with Gasteiger partial charge in [0.05, 0.1) is 11.8 Å². The first-order valence-corrected chi connectivity index (χ1v) is 5.76. The molecule has 0 radical (unpaired) electrons. The topological polar surface area (TPSA) is 45.1 Å². The number of rotatable bonds is 4. The zero-order chi connectivity index (χ0) is 10.6. The molecule has 0 spiro atoms. The van der Waals surface area contributed by atoms with E-state index in [0.717, 1.165) is 21.5 Å². The standard InChI is InChI=1S/C10H15IN2O/c1-3-8(14)6-12-10-5-4-9(11)7(2)13-10/h4-5,8,14H,3,6H2,1-2H3,(H,12,13)/t8-/m0/s1. The lowest BCUT2D eigenvalue weighted by Gasteiger charge is -2.10. The van der Waals surface area contributed by atoms with Gasteiger partial charge in [-0.1, -0.05) is 6.92 Å². The lowest BCUT2D eigenvalue weighted by molar-refractivity contribution is 0.183. The van der Waals surface area contributed by atoms with E-state index < -0.39 is 0 Å². The van der Waals surface area contributed by atoms with E-state index in [1.807, 2.05) is 26.0 Å². The van der Waals surface area contributed by atoms with Crippen LogP contribution in [0, 0.1) is 10.5 Å². The fourth-order valence-corrected chi connectivity index (χ4v) is 1.31. The van der Waals surface area contributed by atoms with E-state index in [1.54, 1.807) is 0 Å². The predicted octanol–water partition coefficient (Wildman–Crippen LogP) is 2.18. The van der Waals surface area contributed by atoms with Crippen molar-refractivity contribution < 1.29 is 5.11 Å². The molecule has 1 aromatic heterocycles. The molecule has 0 aliphatic rings. The molecule has 0 bridgehead atoms. The SMILES string of the molecule is CC[C@H](O)CNc1ccc(I)c(C)n1. The van der Waals surface area contributed by atoms with E-state index in [0.29, 0.717) is 6.54 Å². The molecule has 14 heavy (non-hydrogen) atoms. The Bertz CT molecular complexity index is 304. The number of anilines is 1. The maximum atomic E-state index is 9.35. The van der Waals surface area contributed by atoms with Gasteiger partial charge >= 0.3 is 0 Å². The lowest BCUT2D eigenvalue weighted by Crippen LogP contribution is -2.18. The van der Waals surface area contributed by atoms with Gasteiger partial charge in [0.25, 0.3) is 0 Å². The van der Waals surface area contributed by atoms with Crippen LogP contribution in [-0.4, -0.2) is 22.7 Å².